The van der Waals surface area contributed by atoms with Gasteiger partial charge in [-0.05, 0) is 190 Å². The first-order chi connectivity index (χ1) is 44.1. The van der Waals surface area contributed by atoms with Crippen LogP contribution in [0.4, 0.5) is 8.78 Å². The van der Waals surface area contributed by atoms with E-state index in [0.29, 0.717) is 69.3 Å². The Balaban J connectivity index is 1.12. The molecule has 8 heteroatoms. The molecule has 0 amide bonds. The SMILES string of the molecule is [CH2-][O+](CCC(C)[O+]([CH2-])c1c(C)cc(F)cc1-c1cc(C(C)(C)CC(C)(C)C)cc(-n2c3cc(C(C)(C)C)ccc3c3ccc(C(C)(C)C)cc32)c1O)c1c(C)cc(F)cc1-c1cc(C(C)(C)CC(C)(C)C)cc(-n2c3cc(C(C)(C)C)ccc3c3ccc(C(C)(C)C)cc32)c1O. The summed E-state index contributed by atoms with van der Waals surface area (Å²) in [6.07, 6.45) is 1.72. The summed E-state index contributed by atoms with van der Waals surface area (Å²) >= 11 is 0. The van der Waals surface area contributed by atoms with E-state index in [1.54, 1.807) is 0 Å². The van der Waals surface area contributed by atoms with Gasteiger partial charge in [0.1, 0.15) is 29.6 Å². The molecule has 6 nitrogen and oxygen atoms in total. The Kier molecular flexibility index (Phi) is 18.1. The van der Waals surface area contributed by atoms with Crippen LogP contribution in [-0.2, 0) is 41.2 Å². The zero-order valence-corrected chi connectivity index (χ0v) is 62.7. The van der Waals surface area contributed by atoms with Gasteiger partial charge in [-0.3, -0.25) is 0 Å². The van der Waals surface area contributed by atoms with Crippen molar-refractivity contribution in [2.45, 2.75) is 231 Å². The molecule has 0 aliphatic heterocycles. The minimum atomic E-state index is -0.437. The van der Waals surface area contributed by atoms with Gasteiger partial charge in [-0.2, -0.15) is 0 Å². The number of aromatic hydroxyl groups is 2. The highest BCUT2D eigenvalue weighted by molar-refractivity contribution is 6.11. The van der Waals surface area contributed by atoms with Gasteiger partial charge in [0, 0.05) is 50.7 Å². The van der Waals surface area contributed by atoms with Crippen LogP contribution < -0.4 is 0 Å². The maximum Gasteiger partial charge on any atom is 0.238 e. The topological polar surface area (TPSA) is 55.7 Å². The summed E-state index contributed by atoms with van der Waals surface area (Å²) in [5, 5.41) is 31.1. The second-order valence-electron chi connectivity index (χ2n) is 36.0. The molecule has 96 heavy (non-hydrogen) atoms. The van der Waals surface area contributed by atoms with Crippen LogP contribution in [-0.4, -0.2) is 32.1 Å². The van der Waals surface area contributed by atoms with Gasteiger partial charge in [0.2, 0.25) is 11.5 Å². The fourth-order valence-corrected chi connectivity index (χ4v) is 15.4. The highest BCUT2D eigenvalue weighted by Crippen LogP contribution is 2.53. The number of benzene rings is 8. The van der Waals surface area contributed by atoms with Gasteiger partial charge in [0.15, 0.2) is 12.7 Å². The van der Waals surface area contributed by atoms with E-state index in [1.165, 1.54) is 46.5 Å². The fourth-order valence-electron chi connectivity index (χ4n) is 15.4. The third-order valence-corrected chi connectivity index (χ3v) is 20.0. The first-order valence-electron chi connectivity index (χ1n) is 34.6. The maximum atomic E-state index is 16.6. The zero-order valence-electron chi connectivity index (χ0n) is 62.7. The van der Waals surface area contributed by atoms with Crippen molar-refractivity contribution in [2.75, 3.05) is 6.61 Å². The normalized spacial score (nSPS) is 13.7. The van der Waals surface area contributed by atoms with E-state index in [-0.39, 0.29) is 50.1 Å². The minimum Gasteiger partial charge on any atom is -0.711 e. The summed E-state index contributed by atoms with van der Waals surface area (Å²) in [5.41, 5.74) is 13.5. The summed E-state index contributed by atoms with van der Waals surface area (Å²) in [5.74, 6) is 0.381. The molecule has 2 heterocycles. The van der Waals surface area contributed by atoms with Gasteiger partial charge in [0.05, 0.1) is 44.6 Å². The third-order valence-electron chi connectivity index (χ3n) is 20.0. The number of nitrogens with zero attached hydrogens (tertiary/aromatic N) is 2. The van der Waals surface area contributed by atoms with E-state index in [1.807, 2.05) is 13.8 Å². The number of halogens is 2. The number of phenolic OH excluding ortho intramolecular Hbond substituents is 2. The molecule has 0 bridgehead atoms. The predicted octanol–water partition coefficient (Wildman–Crippen LogP) is 25.7. The minimum absolute atomic E-state index is 0.0258. The number of hydrogen-bond acceptors (Lipinski definition) is 2. The van der Waals surface area contributed by atoms with Gasteiger partial charge in [-0.25, -0.2) is 8.78 Å². The molecular weight excluding hydrogens is 1190 g/mol. The lowest BCUT2D eigenvalue weighted by Crippen LogP contribution is -2.25. The van der Waals surface area contributed by atoms with Gasteiger partial charge >= 0.3 is 0 Å². The Morgan fingerprint density at radius 3 is 1.00 bits per heavy atom. The van der Waals surface area contributed by atoms with Crippen molar-refractivity contribution in [1.82, 2.24) is 9.13 Å². The number of aryl methyl sites for hydroxylation is 2. The highest BCUT2D eigenvalue weighted by Gasteiger charge is 2.36. The Hall–Kier alpha value is -7.58. The van der Waals surface area contributed by atoms with Crippen LogP contribution in [0.15, 0.2) is 121 Å². The van der Waals surface area contributed by atoms with Crippen molar-refractivity contribution in [3.63, 3.8) is 0 Å². The molecule has 0 fully saturated rings. The molecule has 8 aromatic carbocycles. The molecule has 1 unspecified atom stereocenters. The van der Waals surface area contributed by atoms with Crippen LogP contribution in [0.1, 0.15) is 223 Å². The summed E-state index contributed by atoms with van der Waals surface area (Å²) < 4.78 is 43.8. The predicted molar refractivity (Wildman–Crippen MR) is 405 cm³/mol. The average Bonchev–Trinajstić information content (AvgIpc) is 1.55. The van der Waals surface area contributed by atoms with Crippen LogP contribution in [0.5, 0.6) is 23.0 Å². The standard InChI is InChI=1S/C88H110F2N2O4/c1-52-38-61(89)48-69(67-40-59(87(22,23)50-81(4,5)6)46-75(77(67)93)91-71-42-55(83(10,11)12)28-32-63(71)64-33-29-56(43-72(64)91)84(13,14)15)79(52)95(26)37-36-54(3)96(27)80-53(2)39-62(90)49-70(80)68-41-60(88(24,25)51-82(7,8)9)47-76(78(68)94)92-73-44-57(85(16,17)18)30-34-65(73)66-35-31-58(45-74(66)92)86(19,20)21/h28-35,38-49,54,93-94H,26-27,36-37,50-51H2,1-25H3. The second-order valence-corrected chi connectivity index (χ2v) is 36.0. The van der Waals surface area contributed by atoms with Crippen molar-refractivity contribution in [3.8, 4) is 56.6 Å². The van der Waals surface area contributed by atoms with E-state index in [4.69, 9.17) is 7.11 Å². The van der Waals surface area contributed by atoms with E-state index in [2.05, 4.69) is 281 Å². The summed E-state index contributed by atoms with van der Waals surface area (Å²) in [4.78, 5) is 0. The quantitative estimate of drug-likeness (QED) is 0.0842. The summed E-state index contributed by atoms with van der Waals surface area (Å²) in [6.45, 7) is 55.4. The van der Waals surface area contributed by atoms with Crippen LogP contribution in [0.2, 0.25) is 0 Å². The van der Waals surface area contributed by atoms with Gasteiger partial charge in [-0.1, -0.05) is 201 Å². The lowest BCUT2D eigenvalue weighted by Gasteiger charge is -2.38. The van der Waals surface area contributed by atoms with Crippen LogP contribution in [0, 0.1) is 50.5 Å². The van der Waals surface area contributed by atoms with Crippen molar-refractivity contribution < 1.29 is 27.7 Å². The molecule has 0 aliphatic rings. The Bertz CT molecular complexity index is 4520. The van der Waals surface area contributed by atoms with E-state index in [0.717, 1.165) is 67.6 Å². The Morgan fingerprint density at radius 2 is 0.698 bits per heavy atom. The first-order valence-corrected chi connectivity index (χ1v) is 34.6. The number of hydrogen-bond donors (Lipinski definition) is 2. The fraction of sp³-hybridized carbons (Fsp3) is 0.432. The lowest BCUT2D eigenvalue weighted by atomic mass is 9.71. The first kappa shape index (κ1) is 71.2. The van der Waals surface area contributed by atoms with Crippen molar-refractivity contribution in [3.05, 3.63) is 192 Å². The number of fused-ring (bicyclic) bond motifs is 6. The van der Waals surface area contributed by atoms with Crippen molar-refractivity contribution >= 4 is 43.6 Å². The van der Waals surface area contributed by atoms with E-state index < -0.39 is 22.5 Å². The molecule has 0 saturated carbocycles. The second kappa shape index (κ2) is 24.4. The molecule has 0 aliphatic carbocycles. The molecule has 510 valence electrons. The molecule has 0 saturated heterocycles. The Morgan fingerprint density at radius 1 is 0.396 bits per heavy atom. The van der Waals surface area contributed by atoms with Crippen LogP contribution in [0.3, 0.4) is 0 Å². The zero-order chi connectivity index (χ0) is 71.0. The number of phenols is 2. The van der Waals surface area contributed by atoms with Crippen molar-refractivity contribution in [1.29, 1.82) is 0 Å². The monoisotopic (exact) mass is 1300 g/mol. The third kappa shape index (κ3) is 13.8. The van der Waals surface area contributed by atoms with E-state index in [9.17, 15) is 10.2 Å². The molecule has 10 aromatic rings. The smallest absolute Gasteiger partial charge is 0.238 e. The molecule has 0 radical (unpaired) electrons. The van der Waals surface area contributed by atoms with Crippen LogP contribution in [0.25, 0.3) is 77.2 Å². The summed E-state index contributed by atoms with van der Waals surface area (Å²) in [7, 11) is 9.33. The maximum absolute atomic E-state index is 16.6. The Labute approximate surface area is 574 Å². The molecular formula is C88H110F2N2O4. The molecule has 10 rings (SSSR count). The van der Waals surface area contributed by atoms with Gasteiger partial charge in [0.25, 0.3) is 0 Å². The van der Waals surface area contributed by atoms with Gasteiger partial charge < -0.3 is 28.1 Å². The van der Waals surface area contributed by atoms with E-state index >= 15 is 8.78 Å². The molecule has 2 N–H and O–H groups in total. The molecule has 2 aromatic heterocycles. The molecule has 1 atom stereocenters. The summed E-state index contributed by atoms with van der Waals surface area (Å²) in [6, 6.07) is 41.4. The average molecular weight is 1300 g/mol. The number of rotatable bonds is 14. The van der Waals surface area contributed by atoms with Crippen LogP contribution >= 0.6 is 0 Å². The van der Waals surface area contributed by atoms with Gasteiger partial charge in [-0.15, -0.1) is 0 Å². The number of aromatic nitrogens is 2. The van der Waals surface area contributed by atoms with Crippen molar-refractivity contribution in [2.24, 2.45) is 10.8 Å². The highest BCUT2D eigenvalue weighted by atomic mass is 19.1. The lowest BCUT2D eigenvalue weighted by molar-refractivity contribution is -0.0635. The largest absolute Gasteiger partial charge is 0.711 e. The molecule has 0 spiro atoms.